The Balaban J connectivity index is 1.92. The van der Waals surface area contributed by atoms with Crippen LogP contribution < -0.4 is 5.73 Å². The molecule has 2 unspecified atom stereocenters. The van der Waals surface area contributed by atoms with E-state index in [9.17, 15) is 4.79 Å². The first kappa shape index (κ1) is 12.1. The molecule has 0 bridgehead atoms. The maximum atomic E-state index is 12.6. The molecule has 19 heavy (non-hydrogen) atoms. The van der Waals surface area contributed by atoms with Crippen LogP contribution in [0.3, 0.4) is 0 Å². The average molecular weight is 259 g/mol. The summed E-state index contributed by atoms with van der Waals surface area (Å²) in [6.07, 6.45) is 7.64. The SMILES string of the molecule is CC1CC(CN)CN1C(=O)c1cnn2ccncc12. The normalized spacial score (nSPS) is 23.2. The predicted octanol–water partition coefficient (Wildman–Crippen LogP) is 0.539. The molecule has 0 spiro atoms. The lowest BCUT2D eigenvalue weighted by Crippen LogP contribution is -2.34. The third-order valence-corrected chi connectivity index (χ3v) is 3.81. The van der Waals surface area contributed by atoms with E-state index < -0.39 is 0 Å². The minimum Gasteiger partial charge on any atom is -0.335 e. The first-order valence-electron chi connectivity index (χ1n) is 6.49. The summed E-state index contributed by atoms with van der Waals surface area (Å²) in [6.45, 7) is 3.43. The number of nitrogens with two attached hydrogens (primary N) is 1. The van der Waals surface area contributed by atoms with Gasteiger partial charge in [-0.25, -0.2) is 4.52 Å². The Morgan fingerprint density at radius 3 is 3.11 bits per heavy atom. The molecule has 0 aromatic carbocycles. The molecule has 0 radical (unpaired) electrons. The monoisotopic (exact) mass is 259 g/mol. The van der Waals surface area contributed by atoms with Crippen LogP contribution in [0.15, 0.2) is 24.8 Å². The van der Waals surface area contributed by atoms with Crippen LogP contribution in [0.25, 0.3) is 5.52 Å². The second-order valence-corrected chi connectivity index (χ2v) is 5.11. The van der Waals surface area contributed by atoms with E-state index in [1.54, 1.807) is 29.3 Å². The minimum atomic E-state index is 0.0199. The molecule has 2 N–H and O–H groups in total. The highest BCUT2D eigenvalue weighted by Gasteiger charge is 2.33. The van der Waals surface area contributed by atoms with E-state index in [-0.39, 0.29) is 11.9 Å². The van der Waals surface area contributed by atoms with Gasteiger partial charge in [0, 0.05) is 25.0 Å². The Kier molecular flexibility index (Phi) is 2.94. The van der Waals surface area contributed by atoms with Crippen LogP contribution >= 0.6 is 0 Å². The molecular formula is C13H17N5O. The van der Waals surface area contributed by atoms with Gasteiger partial charge in [0.2, 0.25) is 0 Å². The standard InChI is InChI=1S/C13H17N5O/c1-9-4-10(5-14)8-17(9)13(19)11-6-16-18-3-2-15-7-12(11)18/h2-3,6-7,9-10H,4-5,8,14H2,1H3. The predicted molar refractivity (Wildman–Crippen MR) is 70.6 cm³/mol. The molecule has 2 aromatic rings. The van der Waals surface area contributed by atoms with Gasteiger partial charge in [-0.3, -0.25) is 9.78 Å². The minimum absolute atomic E-state index is 0.0199. The summed E-state index contributed by atoms with van der Waals surface area (Å²) < 4.78 is 1.67. The summed E-state index contributed by atoms with van der Waals surface area (Å²) in [5, 5.41) is 4.18. The van der Waals surface area contributed by atoms with Gasteiger partial charge in [-0.1, -0.05) is 0 Å². The lowest BCUT2D eigenvalue weighted by molar-refractivity contribution is 0.0745. The second-order valence-electron chi connectivity index (χ2n) is 5.11. The van der Waals surface area contributed by atoms with Crippen molar-refractivity contribution in [2.24, 2.45) is 11.7 Å². The molecule has 3 rings (SSSR count). The zero-order chi connectivity index (χ0) is 13.4. The van der Waals surface area contributed by atoms with Crippen LogP contribution in [0.5, 0.6) is 0 Å². The zero-order valence-corrected chi connectivity index (χ0v) is 10.9. The molecular weight excluding hydrogens is 242 g/mol. The van der Waals surface area contributed by atoms with Gasteiger partial charge in [0.15, 0.2) is 0 Å². The van der Waals surface area contributed by atoms with Crippen molar-refractivity contribution in [1.82, 2.24) is 19.5 Å². The Morgan fingerprint density at radius 2 is 2.37 bits per heavy atom. The largest absolute Gasteiger partial charge is 0.335 e. The van der Waals surface area contributed by atoms with Crippen molar-refractivity contribution in [3.05, 3.63) is 30.4 Å². The quantitative estimate of drug-likeness (QED) is 0.854. The topological polar surface area (TPSA) is 76.5 Å². The number of aromatic nitrogens is 3. The van der Waals surface area contributed by atoms with Crippen molar-refractivity contribution in [3.63, 3.8) is 0 Å². The van der Waals surface area contributed by atoms with Gasteiger partial charge in [0.05, 0.1) is 23.5 Å². The average Bonchev–Trinajstić information content (AvgIpc) is 3.01. The summed E-state index contributed by atoms with van der Waals surface area (Å²) in [7, 11) is 0. The van der Waals surface area contributed by atoms with Gasteiger partial charge in [0.1, 0.15) is 0 Å². The highest BCUT2D eigenvalue weighted by molar-refractivity contribution is 6.00. The number of hydrogen-bond acceptors (Lipinski definition) is 4. The van der Waals surface area contributed by atoms with Gasteiger partial charge in [-0.05, 0) is 25.8 Å². The zero-order valence-electron chi connectivity index (χ0n) is 10.9. The number of carbonyl (C=O) groups excluding carboxylic acids is 1. The van der Waals surface area contributed by atoms with Crippen molar-refractivity contribution < 1.29 is 4.79 Å². The van der Waals surface area contributed by atoms with Crippen molar-refractivity contribution in [2.75, 3.05) is 13.1 Å². The van der Waals surface area contributed by atoms with E-state index in [0.29, 0.717) is 18.0 Å². The molecule has 6 nitrogen and oxygen atoms in total. The number of likely N-dealkylation sites (tertiary alicyclic amines) is 1. The van der Waals surface area contributed by atoms with Crippen molar-refractivity contribution in [2.45, 2.75) is 19.4 Å². The number of amides is 1. The van der Waals surface area contributed by atoms with Crippen LogP contribution in [-0.2, 0) is 0 Å². The highest BCUT2D eigenvalue weighted by Crippen LogP contribution is 2.25. The number of nitrogens with zero attached hydrogens (tertiary/aromatic N) is 4. The number of rotatable bonds is 2. The molecule has 2 atom stereocenters. The second kappa shape index (κ2) is 4.62. The third kappa shape index (κ3) is 1.98. The van der Waals surface area contributed by atoms with Crippen LogP contribution in [-0.4, -0.2) is 44.5 Å². The molecule has 2 aromatic heterocycles. The summed E-state index contributed by atoms with van der Waals surface area (Å²) in [4.78, 5) is 18.5. The number of carbonyl (C=O) groups is 1. The summed E-state index contributed by atoms with van der Waals surface area (Å²) >= 11 is 0. The molecule has 6 heteroatoms. The molecule has 3 heterocycles. The molecule has 1 aliphatic rings. The van der Waals surface area contributed by atoms with Crippen LogP contribution in [0.1, 0.15) is 23.7 Å². The first-order chi connectivity index (χ1) is 9.20. The lowest BCUT2D eigenvalue weighted by atomic mass is 10.1. The Hall–Kier alpha value is -1.95. The van der Waals surface area contributed by atoms with Gasteiger partial charge < -0.3 is 10.6 Å². The van der Waals surface area contributed by atoms with Gasteiger partial charge >= 0.3 is 0 Å². The molecule has 0 saturated carbocycles. The van der Waals surface area contributed by atoms with E-state index >= 15 is 0 Å². The third-order valence-electron chi connectivity index (χ3n) is 3.81. The van der Waals surface area contributed by atoms with E-state index in [1.807, 2.05) is 4.90 Å². The van der Waals surface area contributed by atoms with E-state index in [0.717, 1.165) is 18.5 Å². The van der Waals surface area contributed by atoms with Crippen LogP contribution in [0.2, 0.25) is 0 Å². The van der Waals surface area contributed by atoms with Crippen molar-refractivity contribution >= 4 is 11.4 Å². The highest BCUT2D eigenvalue weighted by atomic mass is 16.2. The fourth-order valence-corrected chi connectivity index (χ4v) is 2.75. The Labute approximate surface area is 111 Å². The van der Waals surface area contributed by atoms with Gasteiger partial charge in [-0.2, -0.15) is 5.10 Å². The number of fused-ring (bicyclic) bond motifs is 1. The van der Waals surface area contributed by atoms with Crippen molar-refractivity contribution in [3.8, 4) is 0 Å². The fraction of sp³-hybridized carbons (Fsp3) is 0.462. The molecule has 1 saturated heterocycles. The van der Waals surface area contributed by atoms with E-state index in [2.05, 4.69) is 17.0 Å². The number of hydrogen-bond donors (Lipinski definition) is 1. The maximum Gasteiger partial charge on any atom is 0.258 e. The fourth-order valence-electron chi connectivity index (χ4n) is 2.75. The van der Waals surface area contributed by atoms with Crippen LogP contribution in [0, 0.1) is 5.92 Å². The molecule has 1 aliphatic heterocycles. The summed E-state index contributed by atoms with van der Waals surface area (Å²) in [6, 6.07) is 0.229. The Morgan fingerprint density at radius 1 is 1.53 bits per heavy atom. The van der Waals surface area contributed by atoms with Gasteiger partial charge in [0.25, 0.3) is 5.91 Å². The smallest absolute Gasteiger partial charge is 0.258 e. The molecule has 1 fully saturated rings. The summed E-state index contributed by atoms with van der Waals surface area (Å²) in [5.74, 6) is 0.422. The molecule has 100 valence electrons. The maximum absolute atomic E-state index is 12.6. The lowest BCUT2D eigenvalue weighted by Gasteiger charge is -2.20. The summed E-state index contributed by atoms with van der Waals surface area (Å²) in [5.41, 5.74) is 7.06. The van der Waals surface area contributed by atoms with E-state index in [1.165, 1.54) is 0 Å². The Bertz CT molecular complexity index is 608. The first-order valence-corrected chi connectivity index (χ1v) is 6.49. The molecule has 0 aliphatic carbocycles. The van der Waals surface area contributed by atoms with Crippen LogP contribution in [0.4, 0.5) is 0 Å². The van der Waals surface area contributed by atoms with Crippen molar-refractivity contribution in [1.29, 1.82) is 0 Å². The van der Waals surface area contributed by atoms with E-state index in [4.69, 9.17) is 5.73 Å². The molecule has 1 amide bonds. The van der Waals surface area contributed by atoms with Gasteiger partial charge in [-0.15, -0.1) is 0 Å².